The summed E-state index contributed by atoms with van der Waals surface area (Å²) in [6.45, 7) is 4.72. The van der Waals surface area contributed by atoms with Gasteiger partial charge in [-0.3, -0.25) is 14.8 Å². The normalized spacial score (nSPS) is 19.2. The minimum Gasteiger partial charge on any atom is -0.476 e. The second kappa shape index (κ2) is 8.89. The number of nitrogens with two attached hydrogens (primary N) is 1. The molecule has 1 aliphatic carbocycles. The molecule has 8 nitrogen and oxygen atoms in total. The standard InChI is InChI=1S/C21H28N6O2/c1-13(22)8-16(23-3)11-24-19-10-20(26-27(4)21(19)28)29-12-15-9-17(15)18-7-5-6-14(2)25-18/h5-8,10,15,17,24H,9,11-12,22H2,1-4H3/t15?,17-/m0/s1. The van der Waals surface area contributed by atoms with Crippen LogP contribution in [0.5, 0.6) is 5.88 Å². The van der Waals surface area contributed by atoms with Crippen molar-refractivity contribution in [3.05, 3.63) is 57.8 Å². The van der Waals surface area contributed by atoms with Crippen molar-refractivity contribution in [1.82, 2.24) is 14.8 Å². The Kier molecular flexibility index (Phi) is 6.31. The van der Waals surface area contributed by atoms with E-state index in [0.717, 1.165) is 23.5 Å². The third-order valence-corrected chi connectivity index (χ3v) is 4.84. The van der Waals surface area contributed by atoms with Gasteiger partial charge < -0.3 is 15.8 Å². The molecule has 0 radical (unpaired) electrons. The van der Waals surface area contributed by atoms with Crippen LogP contribution in [-0.2, 0) is 7.05 Å². The topological polar surface area (TPSA) is 107 Å². The van der Waals surface area contributed by atoms with Crippen LogP contribution in [0, 0.1) is 12.8 Å². The zero-order valence-electron chi connectivity index (χ0n) is 17.3. The first-order valence-electron chi connectivity index (χ1n) is 9.65. The zero-order chi connectivity index (χ0) is 21.0. The molecule has 1 aliphatic rings. The fourth-order valence-electron chi connectivity index (χ4n) is 3.18. The number of ether oxygens (including phenoxy) is 1. The summed E-state index contributed by atoms with van der Waals surface area (Å²) in [5.41, 5.74) is 9.43. The second-order valence-corrected chi connectivity index (χ2v) is 7.40. The molecule has 2 atom stereocenters. The number of aromatic nitrogens is 3. The maximum Gasteiger partial charge on any atom is 0.290 e. The van der Waals surface area contributed by atoms with Crippen molar-refractivity contribution in [2.75, 3.05) is 25.5 Å². The monoisotopic (exact) mass is 396 g/mol. The van der Waals surface area contributed by atoms with Gasteiger partial charge in [0.15, 0.2) is 0 Å². The summed E-state index contributed by atoms with van der Waals surface area (Å²) >= 11 is 0. The highest BCUT2D eigenvalue weighted by Crippen LogP contribution is 2.46. The van der Waals surface area contributed by atoms with Gasteiger partial charge in [0, 0.05) is 49.1 Å². The Balaban J connectivity index is 1.62. The number of allylic oxidation sites excluding steroid dienone is 1. The lowest BCUT2D eigenvalue weighted by molar-refractivity contribution is 0.278. The highest BCUT2D eigenvalue weighted by molar-refractivity contribution is 5.98. The van der Waals surface area contributed by atoms with Crippen LogP contribution in [0.25, 0.3) is 0 Å². The molecule has 3 rings (SSSR count). The number of hydrogen-bond acceptors (Lipinski definition) is 7. The average Bonchev–Trinajstić information content (AvgIpc) is 3.46. The van der Waals surface area contributed by atoms with Crippen LogP contribution in [0.2, 0.25) is 0 Å². The number of nitrogens with zero attached hydrogens (tertiary/aromatic N) is 4. The number of pyridine rings is 1. The molecule has 2 aromatic rings. The van der Waals surface area contributed by atoms with Gasteiger partial charge in [-0.05, 0) is 38.5 Å². The van der Waals surface area contributed by atoms with Crippen molar-refractivity contribution in [1.29, 1.82) is 0 Å². The number of anilines is 1. The predicted molar refractivity (Wildman–Crippen MR) is 115 cm³/mol. The van der Waals surface area contributed by atoms with Crippen LogP contribution >= 0.6 is 0 Å². The lowest BCUT2D eigenvalue weighted by Crippen LogP contribution is -2.26. The van der Waals surface area contributed by atoms with E-state index in [-0.39, 0.29) is 5.56 Å². The van der Waals surface area contributed by atoms with Crippen molar-refractivity contribution in [3.8, 4) is 5.88 Å². The number of aryl methyl sites for hydroxylation is 2. The van der Waals surface area contributed by atoms with Gasteiger partial charge in [-0.1, -0.05) is 6.07 Å². The summed E-state index contributed by atoms with van der Waals surface area (Å²) in [6, 6.07) is 7.74. The maximum absolute atomic E-state index is 12.4. The van der Waals surface area contributed by atoms with E-state index >= 15 is 0 Å². The van der Waals surface area contributed by atoms with E-state index in [0.29, 0.717) is 42.3 Å². The molecule has 0 bridgehead atoms. The van der Waals surface area contributed by atoms with E-state index in [1.54, 1.807) is 33.2 Å². The Morgan fingerprint density at radius 1 is 1.48 bits per heavy atom. The largest absolute Gasteiger partial charge is 0.476 e. The Morgan fingerprint density at radius 3 is 2.97 bits per heavy atom. The molecule has 3 N–H and O–H groups in total. The van der Waals surface area contributed by atoms with Gasteiger partial charge in [-0.2, -0.15) is 0 Å². The number of rotatable bonds is 8. The van der Waals surface area contributed by atoms with Crippen molar-refractivity contribution in [3.63, 3.8) is 0 Å². The number of nitrogens with one attached hydrogen (secondary N) is 1. The first-order chi connectivity index (χ1) is 13.9. The zero-order valence-corrected chi connectivity index (χ0v) is 17.3. The molecule has 0 spiro atoms. The van der Waals surface area contributed by atoms with Crippen LogP contribution in [0.1, 0.15) is 30.7 Å². The third-order valence-electron chi connectivity index (χ3n) is 4.84. The van der Waals surface area contributed by atoms with Gasteiger partial charge in [0.2, 0.25) is 5.88 Å². The van der Waals surface area contributed by atoms with E-state index in [9.17, 15) is 4.79 Å². The van der Waals surface area contributed by atoms with Crippen LogP contribution in [0.4, 0.5) is 5.69 Å². The van der Waals surface area contributed by atoms with Crippen molar-refractivity contribution in [2.45, 2.75) is 26.2 Å². The van der Waals surface area contributed by atoms with Gasteiger partial charge >= 0.3 is 0 Å². The van der Waals surface area contributed by atoms with E-state index in [4.69, 9.17) is 10.5 Å². The summed E-state index contributed by atoms with van der Waals surface area (Å²) < 4.78 is 7.16. The highest BCUT2D eigenvalue weighted by atomic mass is 16.5. The summed E-state index contributed by atoms with van der Waals surface area (Å²) in [5, 5.41) is 7.31. The quantitative estimate of drug-likeness (QED) is 0.661. The van der Waals surface area contributed by atoms with E-state index < -0.39 is 0 Å². The molecule has 8 heteroatoms. The molecule has 2 heterocycles. The summed E-state index contributed by atoms with van der Waals surface area (Å²) in [4.78, 5) is 21.1. The molecule has 2 aromatic heterocycles. The first kappa shape index (κ1) is 20.6. The molecule has 0 amide bonds. The average molecular weight is 396 g/mol. The van der Waals surface area contributed by atoms with Gasteiger partial charge in [0.05, 0.1) is 18.9 Å². The smallest absolute Gasteiger partial charge is 0.290 e. The number of hydrogen-bond donors (Lipinski definition) is 2. The van der Waals surface area contributed by atoms with Gasteiger partial charge in [0.25, 0.3) is 5.56 Å². The maximum atomic E-state index is 12.4. The van der Waals surface area contributed by atoms with Gasteiger partial charge in [-0.25, -0.2) is 4.68 Å². The minimum atomic E-state index is -0.227. The molecule has 1 unspecified atom stereocenters. The lowest BCUT2D eigenvalue weighted by Gasteiger charge is -2.11. The van der Waals surface area contributed by atoms with E-state index in [1.165, 1.54) is 4.68 Å². The number of aliphatic imine (C=N–C) groups is 1. The predicted octanol–water partition coefficient (Wildman–Crippen LogP) is 2.01. The Labute approximate surface area is 170 Å². The van der Waals surface area contributed by atoms with Crippen molar-refractivity contribution >= 4 is 11.4 Å². The van der Waals surface area contributed by atoms with Crippen molar-refractivity contribution in [2.24, 2.45) is 23.7 Å². The minimum absolute atomic E-state index is 0.227. The fraction of sp³-hybridized carbons (Fsp3) is 0.429. The molecule has 1 fully saturated rings. The Morgan fingerprint density at radius 2 is 2.28 bits per heavy atom. The van der Waals surface area contributed by atoms with E-state index in [1.807, 2.05) is 19.1 Å². The molecule has 29 heavy (non-hydrogen) atoms. The highest BCUT2D eigenvalue weighted by Gasteiger charge is 2.40. The van der Waals surface area contributed by atoms with Crippen LogP contribution in [0.3, 0.4) is 0 Å². The molecule has 0 saturated heterocycles. The van der Waals surface area contributed by atoms with Crippen LogP contribution in [-0.4, -0.2) is 40.7 Å². The van der Waals surface area contributed by atoms with Crippen LogP contribution in [0.15, 0.2) is 45.8 Å². The van der Waals surface area contributed by atoms with Gasteiger partial charge in [-0.15, -0.1) is 5.10 Å². The Hall–Kier alpha value is -3.16. The summed E-state index contributed by atoms with van der Waals surface area (Å²) in [6.07, 6.45) is 2.82. The molecule has 154 valence electrons. The first-order valence-corrected chi connectivity index (χ1v) is 9.65. The van der Waals surface area contributed by atoms with Gasteiger partial charge in [0.1, 0.15) is 5.69 Å². The van der Waals surface area contributed by atoms with E-state index in [2.05, 4.69) is 26.5 Å². The molecule has 0 aromatic carbocycles. The summed E-state index contributed by atoms with van der Waals surface area (Å²) in [7, 11) is 3.29. The SMILES string of the molecule is CN=C(C=C(C)N)CNc1cc(OCC2C[C@@H]2c2cccc(C)n2)nn(C)c1=O. The third kappa shape index (κ3) is 5.43. The molecule has 1 saturated carbocycles. The summed E-state index contributed by atoms with van der Waals surface area (Å²) in [5.74, 6) is 1.25. The fourth-order valence-corrected chi connectivity index (χ4v) is 3.18. The lowest BCUT2D eigenvalue weighted by atomic mass is 10.2. The van der Waals surface area contributed by atoms with Crippen molar-refractivity contribution < 1.29 is 4.74 Å². The Bertz CT molecular complexity index is 991. The second-order valence-electron chi connectivity index (χ2n) is 7.40. The molecular weight excluding hydrogens is 368 g/mol. The molecular formula is C21H28N6O2. The van der Waals surface area contributed by atoms with Crippen LogP contribution < -0.4 is 21.3 Å². The molecule has 0 aliphatic heterocycles.